The van der Waals surface area contributed by atoms with Gasteiger partial charge >= 0.3 is 0 Å². The number of aromatic nitrogens is 5. The second-order valence-corrected chi connectivity index (χ2v) is 11.5. The molecular weight excluding hydrogens is 514 g/mol. The van der Waals surface area contributed by atoms with Gasteiger partial charge in [-0.25, -0.2) is 4.98 Å². The van der Waals surface area contributed by atoms with Crippen molar-refractivity contribution in [3.63, 3.8) is 0 Å². The highest BCUT2D eigenvalue weighted by atomic mass is 16.5. The molecule has 0 radical (unpaired) electrons. The Hall–Kier alpha value is -4.11. The quantitative estimate of drug-likeness (QED) is 0.331. The van der Waals surface area contributed by atoms with Crippen LogP contribution in [0.2, 0.25) is 0 Å². The molecule has 1 atom stereocenters. The third-order valence-electron chi connectivity index (χ3n) is 8.60. The Bertz CT molecular complexity index is 1730. The Labute approximate surface area is 239 Å². The molecule has 5 aromatic rings. The number of carbonyl (C=O) groups is 1. The molecule has 9 heteroatoms. The summed E-state index contributed by atoms with van der Waals surface area (Å²) in [4.78, 5) is 20.7. The zero-order valence-electron chi connectivity index (χ0n) is 23.6. The highest BCUT2D eigenvalue weighted by Crippen LogP contribution is 2.36. The van der Waals surface area contributed by atoms with E-state index < -0.39 is 0 Å². The zero-order chi connectivity index (χ0) is 27.9. The number of likely N-dealkylation sites (tertiary alicyclic amines) is 1. The fourth-order valence-corrected chi connectivity index (χ4v) is 6.56. The first-order chi connectivity index (χ1) is 20.1. The molecule has 2 aromatic carbocycles. The van der Waals surface area contributed by atoms with E-state index in [1.54, 1.807) is 7.11 Å². The predicted molar refractivity (Wildman–Crippen MR) is 160 cm³/mol. The largest absolute Gasteiger partial charge is 0.494 e. The Morgan fingerprint density at radius 2 is 1.85 bits per heavy atom. The van der Waals surface area contributed by atoms with E-state index in [0.29, 0.717) is 24.4 Å². The van der Waals surface area contributed by atoms with E-state index in [1.165, 1.54) is 17.3 Å². The van der Waals surface area contributed by atoms with Crippen molar-refractivity contribution in [2.75, 3.05) is 20.2 Å². The molecular formula is C32H37N7O2. The van der Waals surface area contributed by atoms with Gasteiger partial charge in [0, 0.05) is 60.4 Å². The lowest BCUT2D eigenvalue weighted by Gasteiger charge is -2.30. The SMILES string of the molecule is COc1cc(C(=O)N2CCC[C@@H](N)C2)cc2nc3n(c12)Cc1cnn(c1)CCCCCCn1c-3cc2ccccc21. The normalized spacial score (nSPS) is 18.2. The van der Waals surface area contributed by atoms with Gasteiger partial charge < -0.3 is 24.5 Å². The summed E-state index contributed by atoms with van der Waals surface area (Å²) in [5.74, 6) is 1.48. The Morgan fingerprint density at radius 3 is 2.71 bits per heavy atom. The van der Waals surface area contributed by atoms with Gasteiger partial charge in [-0.3, -0.25) is 9.48 Å². The molecule has 0 aliphatic carbocycles. The van der Waals surface area contributed by atoms with Crippen LogP contribution in [0.3, 0.4) is 0 Å². The average Bonchev–Trinajstić information content (AvgIpc) is 3.69. The first-order valence-corrected chi connectivity index (χ1v) is 14.8. The molecule has 212 valence electrons. The van der Waals surface area contributed by atoms with Gasteiger partial charge in [-0.1, -0.05) is 31.0 Å². The van der Waals surface area contributed by atoms with Crippen LogP contribution in [0.5, 0.6) is 5.75 Å². The maximum Gasteiger partial charge on any atom is 0.254 e. The number of nitrogens with two attached hydrogens (primary N) is 1. The summed E-state index contributed by atoms with van der Waals surface area (Å²) in [6.07, 6.45) is 10.5. The maximum absolute atomic E-state index is 13.6. The summed E-state index contributed by atoms with van der Waals surface area (Å²) in [5, 5.41) is 5.85. The molecule has 2 bridgehead atoms. The number of fused-ring (bicyclic) bond motifs is 9. The minimum absolute atomic E-state index is 0.0167. The van der Waals surface area contributed by atoms with Gasteiger partial charge in [0.25, 0.3) is 5.91 Å². The number of nitrogens with zero attached hydrogens (tertiary/aromatic N) is 6. The number of rotatable bonds is 2. The summed E-state index contributed by atoms with van der Waals surface area (Å²) in [7, 11) is 1.66. The lowest BCUT2D eigenvalue weighted by Crippen LogP contribution is -2.45. The van der Waals surface area contributed by atoms with Crippen molar-refractivity contribution in [1.29, 1.82) is 0 Å². The molecule has 0 unspecified atom stereocenters. The van der Waals surface area contributed by atoms with Crippen LogP contribution in [0.4, 0.5) is 0 Å². The van der Waals surface area contributed by atoms with Crippen LogP contribution in [-0.4, -0.2) is 60.9 Å². The molecule has 2 aliphatic heterocycles. The summed E-state index contributed by atoms with van der Waals surface area (Å²) in [6.45, 7) is 3.73. The fourth-order valence-electron chi connectivity index (χ4n) is 6.56. The third-order valence-corrected chi connectivity index (χ3v) is 8.60. The van der Waals surface area contributed by atoms with Gasteiger partial charge in [-0.05, 0) is 49.9 Å². The number of piperidine rings is 1. The molecule has 1 fully saturated rings. The molecule has 3 aromatic heterocycles. The second kappa shape index (κ2) is 10.7. The standard InChI is InChI=1S/C32H37N7O2/c1-41-29-17-24(32(40)36-12-8-10-25(33)21-36)15-26-30(29)39-20-22-18-34-37(19-22)13-6-2-3-7-14-38-27-11-5-4-9-23(27)16-28(38)31(39)35-26/h4-5,9,11,15-19,25H,2-3,6-8,10,12-14,20-21,33H2,1H3/t25-/m1/s1. The molecule has 1 saturated heterocycles. The monoisotopic (exact) mass is 551 g/mol. The second-order valence-electron chi connectivity index (χ2n) is 11.5. The van der Waals surface area contributed by atoms with E-state index in [1.807, 2.05) is 27.9 Å². The van der Waals surface area contributed by atoms with Crippen LogP contribution in [-0.2, 0) is 19.6 Å². The van der Waals surface area contributed by atoms with Gasteiger partial charge in [-0.2, -0.15) is 5.10 Å². The van der Waals surface area contributed by atoms with Crippen LogP contribution < -0.4 is 10.5 Å². The van der Waals surface area contributed by atoms with Crippen molar-refractivity contribution in [2.45, 2.75) is 64.2 Å². The zero-order valence-corrected chi connectivity index (χ0v) is 23.6. The molecule has 0 saturated carbocycles. The molecule has 41 heavy (non-hydrogen) atoms. The van der Waals surface area contributed by atoms with Crippen LogP contribution in [0.25, 0.3) is 33.5 Å². The number of methoxy groups -OCH3 is 1. The van der Waals surface area contributed by atoms with Crippen molar-refractivity contribution in [2.24, 2.45) is 5.73 Å². The number of ether oxygens (including phenoxy) is 1. The lowest BCUT2D eigenvalue weighted by molar-refractivity contribution is 0.0708. The van der Waals surface area contributed by atoms with Crippen LogP contribution in [0, 0.1) is 0 Å². The number of imidazole rings is 1. The number of para-hydroxylation sites is 1. The molecule has 2 N–H and O–H groups in total. The van der Waals surface area contributed by atoms with E-state index in [4.69, 9.17) is 15.5 Å². The van der Waals surface area contributed by atoms with E-state index in [9.17, 15) is 4.79 Å². The van der Waals surface area contributed by atoms with Gasteiger partial charge in [-0.15, -0.1) is 0 Å². The number of carbonyl (C=O) groups excluding carboxylic acids is 1. The molecule has 7 rings (SSSR count). The van der Waals surface area contributed by atoms with Crippen LogP contribution >= 0.6 is 0 Å². The van der Waals surface area contributed by atoms with E-state index >= 15 is 0 Å². The van der Waals surface area contributed by atoms with E-state index in [2.05, 4.69) is 50.8 Å². The van der Waals surface area contributed by atoms with Gasteiger partial charge in [0.2, 0.25) is 0 Å². The number of benzene rings is 2. The van der Waals surface area contributed by atoms with Crippen molar-refractivity contribution >= 4 is 27.8 Å². The number of hydrogen-bond donors (Lipinski definition) is 1. The number of aryl methyl sites for hydroxylation is 2. The first kappa shape index (κ1) is 25.8. The minimum atomic E-state index is -0.0229. The number of amides is 1. The van der Waals surface area contributed by atoms with Gasteiger partial charge in [0.1, 0.15) is 11.3 Å². The van der Waals surface area contributed by atoms with Crippen molar-refractivity contribution in [1.82, 2.24) is 28.8 Å². The Kier molecular flexibility index (Phi) is 6.74. The number of hydrogen-bond acceptors (Lipinski definition) is 5. The van der Waals surface area contributed by atoms with Crippen LogP contribution in [0.1, 0.15) is 54.4 Å². The molecule has 0 spiro atoms. The smallest absolute Gasteiger partial charge is 0.254 e. The Balaban J connectivity index is 1.43. The molecule has 2 aliphatic rings. The molecule has 5 heterocycles. The summed E-state index contributed by atoms with van der Waals surface area (Å²) < 4.78 is 12.7. The van der Waals surface area contributed by atoms with Crippen molar-refractivity contribution in [3.8, 4) is 17.3 Å². The third kappa shape index (κ3) is 4.78. The van der Waals surface area contributed by atoms with Gasteiger partial charge in [0.05, 0.1) is 31.1 Å². The fraction of sp³-hybridized carbons (Fsp3) is 0.406. The maximum atomic E-state index is 13.6. The van der Waals surface area contributed by atoms with E-state index in [-0.39, 0.29) is 11.9 Å². The van der Waals surface area contributed by atoms with Crippen molar-refractivity contribution in [3.05, 3.63) is 66.0 Å². The lowest BCUT2D eigenvalue weighted by atomic mass is 10.0. The van der Waals surface area contributed by atoms with Crippen LogP contribution in [0.15, 0.2) is 54.9 Å². The minimum Gasteiger partial charge on any atom is -0.494 e. The highest BCUT2D eigenvalue weighted by molar-refractivity contribution is 6.00. The van der Waals surface area contributed by atoms with E-state index in [0.717, 1.165) is 79.9 Å². The Morgan fingerprint density at radius 1 is 1.00 bits per heavy atom. The average molecular weight is 552 g/mol. The topological polar surface area (TPSA) is 96.1 Å². The van der Waals surface area contributed by atoms with Gasteiger partial charge in [0.15, 0.2) is 5.82 Å². The summed E-state index contributed by atoms with van der Waals surface area (Å²) in [6, 6.07) is 14.6. The highest BCUT2D eigenvalue weighted by Gasteiger charge is 2.26. The predicted octanol–water partition coefficient (Wildman–Crippen LogP) is 5.05. The first-order valence-electron chi connectivity index (χ1n) is 14.8. The summed E-state index contributed by atoms with van der Waals surface area (Å²) >= 11 is 0. The molecule has 1 amide bonds. The van der Waals surface area contributed by atoms with Crippen molar-refractivity contribution < 1.29 is 9.53 Å². The molecule has 9 nitrogen and oxygen atoms in total. The summed E-state index contributed by atoms with van der Waals surface area (Å²) in [5.41, 5.74) is 11.8.